The van der Waals surface area contributed by atoms with Crippen LogP contribution < -0.4 is 10.5 Å². The van der Waals surface area contributed by atoms with Crippen molar-refractivity contribution in [1.29, 1.82) is 0 Å². The number of methoxy groups -OCH3 is 1. The van der Waals surface area contributed by atoms with Crippen molar-refractivity contribution in [2.24, 2.45) is 5.73 Å². The first-order chi connectivity index (χ1) is 9.72. The molecule has 2 aromatic rings. The maximum Gasteiger partial charge on any atom is 0.128 e. The van der Waals surface area contributed by atoms with Crippen molar-refractivity contribution in [3.8, 4) is 5.75 Å². The molecule has 0 aliphatic carbocycles. The molecule has 0 saturated carbocycles. The molecule has 106 valence electrons. The van der Waals surface area contributed by atoms with Crippen LogP contribution in [0.15, 0.2) is 42.5 Å². The zero-order valence-electron chi connectivity index (χ0n) is 11.4. The van der Waals surface area contributed by atoms with Crippen molar-refractivity contribution >= 4 is 0 Å². The molecule has 0 saturated heterocycles. The second-order valence-corrected chi connectivity index (χ2v) is 4.47. The Kier molecular flexibility index (Phi) is 5.09. The summed E-state index contributed by atoms with van der Waals surface area (Å²) in [6.45, 7) is 1.05. The molecule has 0 spiro atoms. The lowest BCUT2D eigenvalue weighted by molar-refractivity contribution is 0.105. The highest BCUT2D eigenvalue weighted by atomic mass is 19.1. The van der Waals surface area contributed by atoms with Gasteiger partial charge in [-0.15, -0.1) is 0 Å². The quantitative estimate of drug-likeness (QED) is 0.881. The minimum absolute atomic E-state index is 0.228. The minimum atomic E-state index is -0.267. The highest BCUT2D eigenvalue weighted by Gasteiger charge is 2.04. The summed E-state index contributed by atoms with van der Waals surface area (Å²) in [5.74, 6) is 0.535. The molecule has 0 atom stereocenters. The van der Waals surface area contributed by atoms with Crippen LogP contribution in [0.2, 0.25) is 0 Å². The first-order valence-corrected chi connectivity index (χ1v) is 6.41. The summed E-state index contributed by atoms with van der Waals surface area (Å²) in [5, 5.41) is 0. The molecular weight excluding hydrogens is 257 g/mol. The normalized spacial score (nSPS) is 10.6. The lowest BCUT2D eigenvalue weighted by Gasteiger charge is -2.08. The van der Waals surface area contributed by atoms with Gasteiger partial charge in [-0.25, -0.2) is 4.39 Å². The molecule has 4 heteroatoms. The summed E-state index contributed by atoms with van der Waals surface area (Å²) in [7, 11) is 1.62. The average molecular weight is 275 g/mol. The monoisotopic (exact) mass is 275 g/mol. The Balaban J connectivity index is 1.91. The fourth-order valence-corrected chi connectivity index (χ4v) is 1.87. The summed E-state index contributed by atoms with van der Waals surface area (Å²) in [6, 6.07) is 12.4. The topological polar surface area (TPSA) is 44.5 Å². The third-order valence-corrected chi connectivity index (χ3v) is 3.03. The van der Waals surface area contributed by atoms with Crippen LogP contribution in [0.25, 0.3) is 0 Å². The van der Waals surface area contributed by atoms with Crippen LogP contribution in [0, 0.1) is 5.82 Å². The number of benzene rings is 2. The van der Waals surface area contributed by atoms with Crippen molar-refractivity contribution in [3.05, 3.63) is 65.0 Å². The van der Waals surface area contributed by atoms with E-state index in [1.165, 1.54) is 6.07 Å². The van der Waals surface area contributed by atoms with Gasteiger partial charge < -0.3 is 15.2 Å². The molecule has 0 fully saturated rings. The highest BCUT2D eigenvalue weighted by molar-refractivity contribution is 5.27. The van der Waals surface area contributed by atoms with Gasteiger partial charge in [-0.05, 0) is 35.4 Å². The van der Waals surface area contributed by atoms with Gasteiger partial charge in [0, 0.05) is 12.1 Å². The standard InChI is InChI=1S/C16H18FNO2/c1-19-15-5-2-12(3-6-15)10-20-11-14-8-13(9-18)4-7-16(14)17/h2-8H,9-11,18H2,1H3. The molecule has 2 N–H and O–H groups in total. The Morgan fingerprint density at radius 2 is 1.70 bits per heavy atom. The molecule has 0 bridgehead atoms. The van der Waals surface area contributed by atoms with Crippen LogP contribution in [0.5, 0.6) is 5.75 Å². The predicted molar refractivity (Wildman–Crippen MR) is 75.8 cm³/mol. The maximum atomic E-state index is 13.6. The molecule has 0 unspecified atom stereocenters. The highest BCUT2D eigenvalue weighted by Crippen LogP contribution is 2.15. The summed E-state index contributed by atoms with van der Waals surface area (Å²) >= 11 is 0. The Labute approximate surface area is 118 Å². The Bertz CT molecular complexity index is 555. The molecular formula is C16H18FNO2. The number of nitrogens with two attached hydrogens (primary N) is 1. The smallest absolute Gasteiger partial charge is 0.128 e. The van der Waals surface area contributed by atoms with Gasteiger partial charge in [-0.3, -0.25) is 0 Å². The average Bonchev–Trinajstić information content (AvgIpc) is 2.50. The second kappa shape index (κ2) is 7.03. The Morgan fingerprint density at radius 3 is 2.35 bits per heavy atom. The fraction of sp³-hybridized carbons (Fsp3) is 0.250. The second-order valence-electron chi connectivity index (χ2n) is 4.47. The molecule has 2 aromatic carbocycles. The summed E-state index contributed by atoms with van der Waals surface area (Å²) in [6.07, 6.45) is 0. The first kappa shape index (κ1) is 14.5. The van der Waals surface area contributed by atoms with Crippen LogP contribution in [0.3, 0.4) is 0 Å². The van der Waals surface area contributed by atoms with E-state index in [0.29, 0.717) is 18.7 Å². The van der Waals surface area contributed by atoms with Gasteiger partial charge in [0.2, 0.25) is 0 Å². The van der Waals surface area contributed by atoms with Gasteiger partial charge in [0.1, 0.15) is 11.6 Å². The Morgan fingerprint density at radius 1 is 1.00 bits per heavy atom. The van der Waals surface area contributed by atoms with Crippen molar-refractivity contribution in [2.45, 2.75) is 19.8 Å². The van der Waals surface area contributed by atoms with E-state index in [1.54, 1.807) is 19.2 Å². The Hall–Kier alpha value is -1.91. The summed E-state index contributed by atoms with van der Waals surface area (Å²) < 4.78 is 24.2. The third kappa shape index (κ3) is 3.79. The summed E-state index contributed by atoms with van der Waals surface area (Å²) in [5.41, 5.74) is 7.98. The molecule has 3 nitrogen and oxygen atoms in total. The van der Waals surface area contributed by atoms with Crippen LogP contribution in [0.4, 0.5) is 4.39 Å². The molecule has 0 aliphatic rings. The van der Waals surface area contributed by atoms with E-state index in [2.05, 4.69) is 0 Å². The number of rotatable bonds is 6. The molecule has 0 heterocycles. The van der Waals surface area contributed by atoms with Crippen LogP contribution in [-0.2, 0) is 24.5 Å². The van der Waals surface area contributed by atoms with E-state index < -0.39 is 0 Å². The molecule has 20 heavy (non-hydrogen) atoms. The van der Waals surface area contributed by atoms with Gasteiger partial charge in [0.05, 0.1) is 20.3 Å². The lowest BCUT2D eigenvalue weighted by atomic mass is 10.1. The van der Waals surface area contributed by atoms with Crippen molar-refractivity contribution in [2.75, 3.05) is 7.11 Å². The number of hydrogen-bond donors (Lipinski definition) is 1. The van der Waals surface area contributed by atoms with E-state index in [4.69, 9.17) is 15.2 Å². The zero-order valence-corrected chi connectivity index (χ0v) is 11.4. The maximum absolute atomic E-state index is 13.6. The van der Waals surface area contributed by atoms with E-state index in [0.717, 1.165) is 16.9 Å². The van der Waals surface area contributed by atoms with Gasteiger partial charge in [0.15, 0.2) is 0 Å². The van der Waals surface area contributed by atoms with E-state index >= 15 is 0 Å². The fourth-order valence-electron chi connectivity index (χ4n) is 1.87. The molecule has 2 rings (SSSR count). The molecule has 0 aliphatic heterocycles. The van der Waals surface area contributed by atoms with Crippen molar-refractivity contribution in [1.82, 2.24) is 0 Å². The van der Waals surface area contributed by atoms with Gasteiger partial charge >= 0.3 is 0 Å². The van der Waals surface area contributed by atoms with Crippen molar-refractivity contribution in [3.63, 3.8) is 0 Å². The van der Waals surface area contributed by atoms with Crippen molar-refractivity contribution < 1.29 is 13.9 Å². The lowest BCUT2D eigenvalue weighted by Crippen LogP contribution is -2.01. The predicted octanol–water partition coefficient (Wildman–Crippen LogP) is 3.01. The van der Waals surface area contributed by atoms with E-state index in [-0.39, 0.29) is 12.4 Å². The van der Waals surface area contributed by atoms with Crippen LogP contribution in [0.1, 0.15) is 16.7 Å². The SMILES string of the molecule is COc1ccc(COCc2cc(CN)ccc2F)cc1. The van der Waals surface area contributed by atoms with Gasteiger partial charge in [-0.2, -0.15) is 0 Å². The molecule has 0 radical (unpaired) electrons. The number of halogens is 1. The summed E-state index contributed by atoms with van der Waals surface area (Å²) in [4.78, 5) is 0. The molecule has 0 amide bonds. The zero-order chi connectivity index (χ0) is 14.4. The third-order valence-electron chi connectivity index (χ3n) is 3.03. The number of ether oxygens (including phenoxy) is 2. The minimum Gasteiger partial charge on any atom is -0.497 e. The number of hydrogen-bond acceptors (Lipinski definition) is 3. The van der Waals surface area contributed by atoms with Gasteiger partial charge in [0.25, 0.3) is 0 Å². The van der Waals surface area contributed by atoms with Crippen LogP contribution >= 0.6 is 0 Å². The molecule has 0 aromatic heterocycles. The van der Waals surface area contributed by atoms with Gasteiger partial charge in [-0.1, -0.05) is 18.2 Å². The first-order valence-electron chi connectivity index (χ1n) is 6.41. The van der Waals surface area contributed by atoms with Crippen LogP contribution in [-0.4, -0.2) is 7.11 Å². The largest absolute Gasteiger partial charge is 0.497 e. The van der Waals surface area contributed by atoms with E-state index in [9.17, 15) is 4.39 Å². The van der Waals surface area contributed by atoms with E-state index in [1.807, 2.05) is 24.3 Å².